The monoisotopic (exact) mass is 122 g/mol. The molecule has 0 fully saturated rings. The van der Waals surface area contributed by atoms with E-state index in [0.717, 1.165) is 0 Å². The Bertz CT molecular complexity index is 149. The lowest BCUT2D eigenvalue weighted by Crippen LogP contribution is -1.70. The van der Waals surface area contributed by atoms with Crippen LogP contribution in [0.3, 0.4) is 0 Å². The van der Waals surface area contributed by atoms with Gasteiger partial charge in [0.15, 0.2) is 0 Å². The highest BCUT2D eigenvalue weighted by Gasteiger charge is 2.01. The molecule has 0 atom stereocenters. The number of hydrogen-bond acceptors (Lipinski definition) is 0. The summed E-state index contributed by atoms with van der Waals surface area (Å²) in [5, 5.41) is 0. The number of hydrogen-bond donors (Lipinski definition) is 0. The lowest BCUT2D eigenvalue weighted by atomic mass is 10.2. The normalized spacial score (nSPS) is 17.6. The van der Waals surface area contributed by atoms with Crippen molar-refractivity contribution in [2.45, 2.75) is 33.1 Å². The minimum Gasteiger partial charge on any atom is -0.0773 e. The second kappa shape index (κ2) is 2.86. The van der Waals surface area contributed by atoms with Gasteiger partial charge in [-0.05, 0) is 19.3 Å². The summed E-state index contributed by atoms with van der Waals surface area (Å²) in [7, 11) is 0. The third-order valence-corrected chi connectivity index (χ3v) is 1.88. The molecule has 0 N–H and O–H groups in total. The van der Waals surface area contributed by atoms with Crippen LogP contribution in [-0.2, 0) is 0 Å². The maximum atomic E-state index is 2.33. The maximum absolute atomic E-state index is 2.33. The van der Waals surface area contributed by atoms with Gasteiger partial charge in [0.25, 0.3) is 0 Å². The Morgan fingerprint density at radius 1 is 1.33 bits per heavy atom. The summed E-state index contributed by atoms with van der Waals surface area (Å²) < 4.78 is 0. The van der Waals surface area contributed by atoms with E-state index in [9.17, 15) is 0 Å². The van der Waals surface area contributed by atoms with Gasteiger partial charge in [0, 0.05) is 0 Å². The molecule has 0 aromatic carbocycles. The van der Waals surface area contributed by atoms with Crippen LogP contribution in [0, 0.1) is 0 Å². The van der Waals surface area contributed by atoms with Crippen LogP contribution >= 0.6 is 0 Å². The zero-order valence-corrected chi connectivity index (χ0v) is 6.28. The maximum Gasteiger partial charge on any atom is -0.0130 e. The van der Waals surface area contributed by atoms with Crippen molar-refractivity contribution in [1.29, 1.82) is 0 Å². The minimum atomic E-state index is 1.20. The molecule has 0 aliphatic heterocycles. The lowest BCUT2D eigenvalue weighted by Gasteiger charge is -1.90. The molecule has 0 nitrogen and oxygen atoms in total. The quantitative estimate of drug-likeness (QED) is 0.528. The SMILES string of the molecule is CCC1=CCC(CC)=C1. The van der Waals surface area contributed by atoms with Gasteiger partial charge in [-0.15, -0.1) is 0 Å². The summed E-state index contributed by atoms with van der Waals surface area (Å²) in [5.41, 5.74) is 3.11. The van der Waals surface area contributed by atoms with E-state index in [0.29, 0.717) is 0 Å². The zero-order valence-electron chi connectivity index (χ0n) is 6.28. The molecule has 0 bridgehead atoms. The first-order chi connectivity index (χ1) is 4.36. The second-order valence-corrected chi connectivity index (χ2v) is 2.49. The Balaban J connectivity index is 2.52. The predicted octanol–water partition coefficient (Wildman–Crippen LogP) is 3.06. The summed E-state index contributed by atoms with van der Waals surface area (Å²) in [6.45, 7) is 4.43. The molecule has 1 rings (SSSR count). The van der Waals surface area contributed by atoms with Gasteiger partial charge in [-0.2, -0.15) is 0 Å². The molecule has 0 aromatic heterocycles. The Morgan fingerprint density at radius 2 is 2.11 bits per heavy atom. The lowest BCUT2D eigenvalue weighted by molar-refractivity contribution is 1.05. The molecule has 9 heavy (non-hydrogen) atoms. The van der Waals surface area contributed by atoms with Crippen LogP contribution in [0.25, 0.3) is 0 Å². The van der Waals surface area contributed by atoms with E-state index in [-0.39, 0.29) is 0 Å². The molecule has 0 saturated carbocycles. The van der Waals surface area contributed by atoms with Crippen molar-refractivity contribution in [2.75, 3.05) is 0 Å². The predicted molar refractivity (Wildman–Crippen MR) is 41.4 cm³/mol. The molecule has 0 spiro atoms. The summed E-state index contributed by atoms with van der Waals surface area (Å²) in [6, 6.07) is 0. The molecule has 0 heterocycles. The van der Waals surface area contributed by atoms with Crippen LogP contribution in [0.4, 0.5) is 0 Å². The number of allylic oxidation sites excluding steroid dienone is 4. The van der Waals surface area contributed by atoms with Crippen LogP contribution in [0.5, 0.6) is 0 Å². The molecule has 0 amide bonds. The highest BCUT2D eigenvalue weighted by molar-refractivity contribution is 5.31. The molecule has 1 aliphatic carbocycles. The Morgan fingerprint density at radius 3 is 2.44 bits per heavy atom. The molecule has 50 valence electrons. The molecule has 0 aromatic rings. The highest BCUT2D eigenvalue weighted by Crippen LogP contribution is 2.21. The largest absolute Gasteiger partial charge is 0.0773 e. The van der Waals surface area contributed by atoms with Gasteiger partial charge in [0.1, 0.15) is 0 Å². The van der Waals surface area contributed by atoms with Gasteiger partial charge in [-0.3, -0.25) is 0 Å². The molecule has 0 heteroatoms. The first-order valence-electron chi connectivity index (χ1n) is 3.75. The van der Waals surface area contributed by atoms with Crippen molar-refractivity contribution in [3.8, 4) is 0 Å². The van der Waals surface area contributed by atoms with Crippen LogP contribution in [-0.4, -0.2) is 0 Å². The van der Waals surface area contributed by atoms with Crippen molar-refractivity contribution in [3.63, 3.8) is 0 Å². The third kappa shape index (κ3) is 1.44. The molecular weight excluding hydrogens is 108 g/mol. The fourth-order valence-electron chi connectivity index (χ4n) is 1.14. The second-order valence-electron chi connectivity index (χ2n) is 2.49. The van der Waals surface area contributed by atoms with Gasteiger partial charge in [-0.25, -0.2) is 0 Å². The Kier molecular flexibility index (Phi) is 2.10. The van der Waals surface area contributed by atoms with E-state index in [4.69, 9.17) is 0 Å². The van der Waals surface area contributed by atoms with E-state index in [2.05, 4.69) is 26.0 Å². The average molecular weight is 122 g/mol. The smallest absolute Gasteiger partial charge is 0.0130 e. The van der Waals surface area contributed by atoms with Crippen molar-refractivity contribution in [3.05, 3.63) is 23.3 Å². The summed E-state index contributed by atoms with van der Waals surface area (Å²) >= 11 is 0. The fraction of sp³-hybridized carbons (Fsp3) is 0.556. The summed E-state index contributed by atoms with van der Waals surface area (Å²) in [6.07, 6.45) is 8.29. The average Bonchev–Trinajstić information content (AvgIpc) is 2.34. The molecule has 0 saturated heterocycles. The van der Waals surface area contributed by atoms with E-state index in [1.807, 2.05) is 0 Å². The van der Waals surface area contributed by atoms with Crippen molar-refractivity contribution < 1.29 is 0 Å². The van der Waals surface area contributed by atoms with Gasteiger partial charge in [-0.1, -0.05) is 37.1 Å². The highest BCUT2D eigenvalue weighted by atomic mass is 14.1. The first-order valence-corrected chi connectivity index (χ1v) is 3.75. The van der Waals surface area contributed by atoms with Crippen LogP contribution in [0.2, 0.25) is 0 Å². The third-order valence-electron chi connectivity index (χ3n) is 1.88. The van der Waals surface area contributed by atoms with Crippen LogP contribution in [0.15, 0.2) is 23.3 Å². The van der Waals surface area contributed by atoms with Gasteiger partial charge in [0.05, 0.1) is 0 Å². The number of rotatable bonds is 2. The van der Waals surface area contributed by atoms with Crippen LogP contribution < -0.4 is 0 Å². The van der Waals surface area contributed by atoms with E-state index < -0.39 is 0 Å². The van der Waals surface area contributed by atoms with E-state index >= 15 is 0 Å². The molecule has 1 aliphatic rings. The molecular formula is C9H14. The van der Waals surface area contributed by atoms with Crippen LogP contribution in [0.1, 0.15) is 33.1 Å². The van der Waals surface area contributed by atoms with E-state index in [1.54, 1.807) is 5.57 Å². The Labute approximate surface area is 57.3 Å². The fourth-order valence-corrected chi connectivity index (χ4v) is 1.14. The minimum absolute atomic E-state index is 1.20. The summed E-state index contributed by atoms with van der Waals surface area (Å²) in [5.74, 6) is 0. The van der Waals surface area contributed by atoms with Crippen molar-refractivity contribution in [2.24, 2.45) is 0 Å². The molecule has 0 unspecified atom stereocenters. The Hall–Kier alpha value is -0.520. The van der Waals surface area contributed by atoms with Crippen molar-refractivity contribution in [1.82, 2.24) is 0 Å². The standard InChI is InChI=1S/C9H14/c1-3-8-5-6-9(4-2)7-8/h5,7H,3-4,6H2,1-2H3. The first kappa shape index (κ1) is 6.60. The van der Waals surface area contributed by atoms with Gasteiger partial charge in [0.2, 0.25) is 0 Å². The van der Waals surface area contributed by atoms with E-state index in [1.165, 1.54) is 24.8 Å². The van der Waals surface area contributed by atoms with Gasteiger partial charge >= 0.3 is 0 Å². The zero-order chi connectivity index (χ0) is 6.69. The topological polar surface area (TPSA) is 0 Å². The summed E-state index contributed by atoms with van der Waals surface area (Å²) in [4.78, 5) is 0. The van der Waals surface area contributed by atoms with Crippen molar-refractivity contribution >= 4 is 0 Å². The van der Waals surface area contributed by atoms with Gasteiger partial charge < -0.3 is 0 Å². The molecule has 0 radical (unpaired) electrons.